The molecule has 0 aliphatic heterocycles. The van der Waals surface area contributed by atoms with Gasteiger partial charge in [0.2, 0.25) is 0 Å². The summed E-state index contributed by atoms with van der Waals surface area (Å²) in [5.41, 5.74) is 5.75. The molecule has 0 aromatic carbocycles. The highest BCUT2D eigenvalue weighted by Crippen LogP contribution is 2.34. The van der Waals surface area contributed by atoms with Crippen molar-refractivity contribution >= 4 is 0 Å². The second kappa shape index (κ2) is 4.94. The van der Waals surface area contributed by atoms with Gasteiger partial charge in [0.25, 0.3) is 0 Å². The Labute approximate surface area is 81.2 Å². The van der Waals surface area contributed by atoms with Gasteiger partial charge in [-0.1, -0.05) is 0 Å². The van der Waals surface area contributed by atoms with Gasteiger partial charge in [-0.05, 0) is 32.7 Å². The molecule has 2 N–H and O–H groups in total. The van der Waals surface area contributed by atoms with Crippen LogP contribution in [-0.4, -0.2) is 44.3 Å². The van der Waals surface area contributed by atoms with Gasteiger partial charge in [-0.2, -0.15) is 0 Å². The van der Waals surface area contributed by atoms with Crippen LogP contribution in [0.1, 0.15) is 19.8 Å². The molecule has 13 heavy (non-hydrogen) atoms. The van der Waals surface area contributed by atoms with Gasteiger partial charge in [-0.15, -0.1) is 0 Å². The molecule has 1 fully saturated rings. The van der Waals surface area contributed by atoms with Crippen molar-refractivity contribution in [1.29, 1.82) is 0 Å². The lowest BCUT2D eigenvalue weighted by Crippen LogP contribution is -2.43. The van der Waals surface area contributed by atoms with E-state index in [-0.39, 0.29) is 0 Å². The van der Waals surface area contributed by atoms with Crippen LogP contribution in [0.3, 0.4) is 0 Å². The van der Waals surface area contributed by atoms with E-state index < -0.39 is 0 Å². The van der Waals surface area contributed by atoms with Crippen molar-refractivity contribution in [3.8, 4) is 0 Å². The van der Waals surface area contributed by atoms with E-state index in [1.807, 2.05) is 0 Å². The predicted molar refractivity (Wildman–Crippen MR) is 54.7 cm³/mol. The van der Waals surface area contributed by atoms with Crippen LogP contribution in [0.5, 0.6) is 0 Å². The first-order valence-electron chi connectivity index (χ1n) is 5.12. The number of nitrogens with two attached hydrogens (primary N) is 1. The Kier molecular flexibility index (Phi) is 4.16. The monoisotopic (exact) mass is 186 g/mol. The Morgan fingerprint density at radius 1 is 1.54 bits per heavy atom. The standard InChI is InChI=1S/C10H22N2O/c1-8(13-3)7-12(2)10(6-11)9-4-5-9/h8-10H,4-7,11H2,1-3H3. The van der Waals surface area contributed by atoms with E-state index >= 15 is 0 Å². The maximum absolute atomic E-state index is 5.75. The summed E-state index contributed by atoms with van der Waals surface area (Å²) in [5, 5.41) is 0. The van der Waals surface area contributed by atoms with E-state index in [1.165, 1.54) is 12.8 Å². The summed E-state index contributed by atoms with van der Waals surface area (Å²) < 4.78 is 5.23. The lowest BCUT2D eigenvalue weighted by Gasteiger charge is -2.28. The minimum atomic E-state index is 0.304. The van der Waals surface area contributed by atoms with E-state index in [1.54, 1.807) is 7.11 Å². The summed E-state index contributed by atoms with van der Waals surface area (Å²) in [6.07, 6.45) is 3.01. The lowest BCUT2D eigenvalue weighted by atomic mass is 10.1. The molecule has 3 nitrogen and oxygen atoms in total. The Hall–Kier alpha value is -0.120. The average Bonchev–Trinajstić information content (AvgIpc) is 2.89. The first-order valence-corrected chi connectivity index (χ1v) is 5.12. The molecule has 1 rings (SSSR count). The molecule has 1 aliphatic rings. The van der Waals surface area contributed by atoms with Gasteiger partial charge in [-0.25, -0.2) is 0 Å². The second-order valence-corrected chi connectivity index (χ2v) is 4.13. The van der Waals surface area contributed by atoms with Crippen LogP contribution in [0.15, 0.2) is 0 Å². The molecule has 0 spiro atoms. The van der Waals surface area contributed by atoms with Crippen LogP contribution in [-0.2, 0) is 4.74 Å². The predicted octanol–water partition coefficient (Wildman–Crippen LogP) is 0.690. The normalized spacial score (nSPS) is 21.9. The summed E-state index contributed by atoms with van der Waals surface area (Å²) in [4.78, 5) is 2.34. The first kappa shape index (κ1) is 11.0. The second-order valence-electron chi connectivity index (χ2n) is 4.13. The van der Waals surface area contributed by atoms with Gasteiger partial charge >= 0.3 is 0 Å². The molecule has 2 unspecified atom stereocenters. The van der Waals surface area contributed by atoms with Crippen molar-refractivity contribution in [2.75, 3.05) is 27.2 Å². The molecule has 0 bridgehead atoms. The van der Waals surface area contributed by atoms with E-state index in [2.05, 4.69) is 18.9 Å². The van der Waals surface area contributed by atoms with E-state index in [0.29, 0.717) is 12.1 Å². The SMILES string of the molecule is COC(C)CN(C)C(CN)C1CC1. The molecule has 0 saturated heterocycles. The minimum absolute atomic E-state index is 0.304. The fourth-order valence-electron chi connectivity index (χ4n) is 1.83. The van der Waals surface area contributed by atoms with Gasteiger partial charge in [0.1, 0.15) is 0 Å². The first-order chi connectivity index (χ1) is 6.19. The Bertz CT molecular complexity index is 148. The van der Waals surface area contributed by atoms with Crippen LogP contribution in [0, 0.1) is 5.92 Å². The van der Waals surface area contributed by atoms with Crippen molar-refractivity contribution in [3.05, 3.63) is 0 Å². The third-order valence-electron chi connectivity index (χ3n) is 2.92. The number of ether oxygens (including phenoxy) is 1. The maximum Gasteiger partial charge on any atom is 0.0670 e. The molecule has 0 radical (unpaired) electrons. The molecule has 0 aromatic rings. The van der Waals surface area contributed by atoms with Crippen LogP contribution in [0.2, 0.25) is 0 Å². The zero-order valence-electron chi connectivity index (χ0n) is 8.99. The van der Waals surface area contributed by atoms with Crippen molar-refractivity contribution in [2.24, 2.45) is 11.7 Å². The van der Waals surface area contributed by atoms with E-state index in [9.17, 15) is 0 Å². The molecule has 3 heteroatoms. The number of likely N-dealkylation sites (N-methyl/N-ethyl adjacent to an activating group) is 1. The largest absolute Gasteiger partial charge is 0.380 e. The van der Waals surface area contributed by atoms with Gasteiger partial charge < -0.3 is 10.5 Å². The quantitative estimate of drug-likeness (QED) is 0.663. The number of hydrogen-bond acceptors (Lipinski definition) is 3. The zero-order chi connectivity index (χ0) is 9.84. The molecule has 1 aliphatic carbocycles. The summed E-state index contributed by atoms with van der Waals surface area (Å²) in [5.74, 6) is 0.846. The van der Waals surface area contributed by atoms with Gasteiger partial charge in [0, 0.05) is 26.2 Å². The highest BCUT2D eigenvalue weighted by Gasteiger charge is 2.32. The van der Waals surface area contributed by atoms with Crippen LogP contribution >= 0.6 is 0 Å². The summed E-state index contributed by atoms with van der Waals surface area (Å²) in [7, 11) is 3.90. The van der Waals surface area contributed by atoms with Gasteiger partial charge in [0.15, 0.2) is 0 Å². The van der Waals surface area contributed by atoms with Crippen molar-refractivity contribution in [2.45, 2.75) is 31.9 Å². The number of methoxy groups -OCH3 is 1. The van der Waals surface area contributed by atoms with Gasteiger partial charge in [0.05, 0.1) is 6.10 Å². The number of rotatable bonds is 6. The smallest absolute Gasteiger partial charge is 0.0670 e. The Morgan fingerprint density at radius 2 is 2.15 bits per heavy atom. The fraction of sp³-hybridized carbons (Fsp3) is 1.00. The van der Waals surface area contributed by atoms with E-state index in [4.69, 9.17) is 10.5 Å². The molecular weight excluding hydrogens is 164 g/mol. The maximum atomic E-state index is 5.75. The highest BCUT2D eigenvalue weighted by atomic mass is 16.5. The molecular formula is C10H22N2O. The minimum Gasteiger partial charge on any atom is -0.380 e. The van der Waals surface area contributed by atoms with E-state index in [0.717, 1.165) is 19.0 Å². The van der Waals surface area contributed by atoms with Gasteiger partial charge in [-0.3, -0.25) is 4.90 Å². The lowest BCUT2D eigenvalue weighted by molar-refractivity contribution is 0.0688. The molecule has 0 heterocycles. The molecule has 2 atom stereocenters. The molecule has 1 saturated carbocycles. The number of hydrogen-bond donors (Lipinski definition) is 1. The van der Waals surface area contributed by atoms with Crippen LogP contribution in [0.25, 0.3) is 0 Å². The third kappa shape index (κ3) is 3.25. The summed E-state index contributed by atoms with van der Waals surface area (Å²) in [6.45, 7) is 3.85. The van der Waals surface area contributed by atoms with Crippen molar-refractivity contribution in [1.82, 2.24) is 4.90 Å². The number of nitrogens with zero attached hydrogens (tertiary/aromatic N) is 1. The fourth-order valence-corrected chi connectivity index (χ4v) is 1.83. The molecule has 78 valence electrons. The van der Waals surface area contributed by atoms with Crippen LogP contribution in [0.4, 0.5) is 0 Å². The Balaban J connectivity index is 2.30. The third-order valence-corrected chi connectivity index (χ3v) is 2.92. The molecule has 0 amide bonds. The summed E-state index contributed by atoms with van der Waals surface area (Å²) in [6, 6.07) is 0.567. The topological polar surface area (TPSA) is 38.5 Å². The summed E-state index contributed by atoms with van der Waals surface area (Å²) >= 11 is 0. The average molecular weight is 186 g/mol. The molecule has 0 aromatic heterocycles. The van der Waals surface area contributed by atoms with Crippen molar-refractivity contribution < 1.29 is 4.74 Å². The zero-order valence-corrected chi connectivity index (χ0v) is 8.99. The highest BCUT2D eigenvalue weighted by molar-refractivity contribution is 4.88. The van der Waals surface area contributed by atoms with Crippen LogP contribution < -0.4 is 5.73 Å². The Morgan fingerprint density at radius 3 is 2.54 bits per heavy atom. The van der Waals surface area contributed by atoms with Crippen molar-refractivity contribution in [3.63, 3.8) is 0 Å².